The molecule has 0 fully saturated rings. The van der Waals surface area contributed by atoms with Gasteiger partial charge in [0.15, 0.2) is 0 Å². The zero-order valence-corrected chi connectivity index (χ0v) is 25.4. The molecule has 6 N–H and O–H groups in total. The summed E-state index contributed by atoms with van der Waals surface area (Å²) < 4.78 is 0. The third kappa shape index (κ3) is 4.82. The summed E-state index contributed by atoms with van der Waals surface area (Å²) in [6.07, 6.45) is 5.26. The minimum atomic E-state index is 0.0707. The minimum Gasteiger partial charge on any atom is -0.399 e. The highest BCUT2D eigenvalue weighted by atomic mass is 15.0. The van der Waals surface area contributed by atoms with Gasteiger partial charge in [-0.05, 0) is 97.1 Å². The van der Waals surface area contributed by atoms with Crippen LogP contribution in [-0.4, -0.2) is 0 Å². The highest BCUT2D eigenvalue weighted by molar-refractivity contribution is 5.90. The molecule has 0 heterocycles. The van der Waals surface area contributed by atoms with Gasteiger partial charge in [0.25, 0.3) is 0 Å². The molecule has 0 spiro atoms. The lowest BCUT2D eigenvalue weighted by molar-refractivity contribution is 0.654. The van der Waals surface area contributed by atoms with Gasteiger partial charge in [-0.3, -0.25) is 11.7 Å². The molecule has 5 aromatic carbocycles. The van der Waals surface area contributed by atoms with Crippen LogP contribution in [0.3, 0.4) is 0 Å². The smallest absolute Gasteiger partial charge is 0.0317 e. The molecule has 43 heavy (non-hydrogen) atoms. The second-order valence-electron chi connectivity index (χ2n) is 12.6. The van der Waals surface area contributed by atoms with E-state index in [9.17, 15) is 0 Å². The fourth-order valence-electron chi connectivity index (χ4n) is 7.01. The molecule has 3 nitrogen and oxygen atoms in total. The van der Waals surface area contributed by atoms with E-state index in [1.54, 1.807) is 0 Å². The largest absolute Gasteiger partial charge is 0.399 e. The van der Waals surface area contributed by atoms with E-state index in [1.165, 1.54) is 66.4 Å². The Labute approximate surface area is 255 Å². The van der Waals surface area contributed by atoms with Gasteiger partial charge >= 0.3 is 0 Å². The highest BCUT2D eigenvalue weighted by Gasteiger charge is 2.37. The SMILES string of the molecule is CC1(C)C2=C(C=C=C2)c2ccc(Cc3ccc4ccccc4c3)cc21.CC1(C)c2ccccc2-c2ccc(N)cc21.NN. The first-order valence-electron chi connectivity index (χ1n) is 14.9. The van der Waals surface area contributed by atoms with Crippen molar-refractivity contribution in [3.63, 3.8) is 0 Å². The second-order valence-corrected chi connectivity index (χ2v) is 12.6. The fraction of sp³-hybridized carbons (Fsp3) is 0.175. The Morgan fingerprint density at radius 1 is 0.558 bits per heavy atom. The third-order valence-electron chi connectivity index (χ3n) is 9.30. The molecular formula is C40H39N3. The van der Waals surface area contributed by atoms with Crippen molar-refractivity contribution in [1.29, 1.82) is 0 Å². The van der Waals surface area contributed by atoms with E-state index in [1.807, 2.05) is 6.07 Å². The summed E-state index contributed by atoms with van der Waals surface area (Å²) in [6, 6.07) is 37.2. The van der Waals surface area contributed by atoms with Crippen molar-refractivity contribution in [1.82, 2.24) is 0 Å². The number of fused-ring (bicyclic) bond motifs is 6. The van der Waals surface area contributed by atoms with E-state index < -0.39 is 0 Å². The zero-order chi connectivity index (χ0) is 30.4. The minimum absolute atomic E-state index is 0.0707. The van der Waals surface area contributed by atoms with Crippen LogP contribution in [0.2, 0.25) is 0 Å². The highest BCUT2D eigenvalue weighted by Crippen LogP contribution is 2.50. The molecule has 0 aliphatic heterocycles. The lowest BCUT2D eigenvalue weighted by Crippen LogP contribution is -2.16. The van der Waals surface area contributed by atoms with Gasteiger partial charge in [-0.2, -0.15) is 0 Å². The molecule has 3 aliphatic carbocycles. The lowest BCUT2D eigenvalue weighted by Gasteiger charge is -2.22. The lowest BCUT2D eigenvalue weighted by atomic mass is 9.80. The Morgan fingerprint density at radius 3 is 2.00 bits per heavy atom. The Hall–Kier alpha value is -4.66. The van der Waals surface area contributed by atoms with Gasteiger partial charge in [-0.25, -0.2) is 0 Å². The van der Waals surface area contributed by atoms with Crippen molar-refractivity contribution in [2.24, 2.45) is 11.7 Å². The average Bonchev–Trinajstić information content (AvgIpc) is 3.66. The number of nitrogens with two attached hydrogens (primary N) is 3. The molecule has 214 valence electrons. The van der Waals surface area contributed by atoms with E-state index in [0.717, 1.165) is 12.1 Å². The number of nitrogen functional groups attached to an aromatic ring is 1. The number of allylic oxidation sites excluding steroid dienone is 3. The van der Waals surface area contributed by atoms with Crippen LogP contribution >= 0.6 is 0 Å². The summed E-state index contributed by atoms with van der Waals surface area (Å²) in [5.74, 6) is 8.00. The van der Waals surface area contributed by atoms with Crippen LogP contribution in [0.1, 0.15) is 61.1 Å². The van der Waals surface area contributed by atoms with E-state index in [4.69, 9.17) is 5.73 Å². The van der Waals surface area contributed by atoms with Crippen LogP contribution in [0, 0.1) is 0 Å². The first-order chi connectivity index (χ1) is 20.7. The Kier molecular flexibility index (Phi) is 7.20. The fourth-order valence-corrected chi connectivity index (χ4v) is 7.01. The maximum atomic E-state index is 5.89. The molecule has 0 amide bonds. The Morgan fingerprint density at radius 2 is 1.19 bits per heavy atom. The van der Waals surface area contributed by atoms with Crippen molar-refractivity contribution >= 4 is 22.0 Å². The van der Waals surface area contributed by atoms with Gasteiger partial charge in [0, 0.05) is 16.5 Å². The predicted octanol–water partition coefficient (Wildman–Crippen LogP) is 8.59. The average molecular weight is 562 g/mol. The van der Waals surface area contributed by atoms with Crippen molar-refractivity contribution in [3.05, 3.63) is 160 Å². The summed E-state index contributed by atoms with van der Waals surface area (Å²) in [4.78, 5) is 0. The first kappa shape index (κ1) is 28.5. The number of hydrazine groups is 1. The summed E-state index contributed by atoms with van der Waals surface area (Å²) in [6.45, 7) is 9.17. The van der Waals surface area contributed by atoms with E-state index in [-0.39, 0.29) is 10.8 Å². The van der Waals surface area contributed by atoms with Crippen LogP contribution in [0.5, 0.6) is 0 Å². The summed E-state index contributed by atoms with van der Waals surface area (Å²) >= 11 is 0. The molecule has 0 unspecified atom stereocenters. The maximum Gasteiger partial charge on any atom is 0.0317 e. The Balaban J connectivity index is 0.000000158. The van der Waals surface area contributed by atoms with Gasteiger partial charge in [-0.15, -0.1) is 5.73 Å². The standard InChI is InChI=1S/C25H20.C15H15N.H4N2/c1-25(2)23-9-5-8-21(23)22-13-11-18(16-24(22)25)14-17-10-12-19-6-3-4-7-20(19)15-17;1-15(2)13-6-4-3-5-11(13)12-8-7-10(16)9-14(12)15;1-2/h3-4,6-13,15-16H,14H2,1-2H3;3-9H,16H2,1-2H3;1-2H2. The molecule has 8 rings (SSSR count). The molecule has 5 aromatic rings. The van der Waals surface area contributed by atoms with Crippen LogP contribution in [0.4, 0.5) is 5.69 Å². The summed E-state index contributed by atoms with van der Waals surface area (Å²) in [5, 5.41) is 2.62. The van der Waals surface area contributed by atoms with Crippen molar-refractivity contribution in [2.75, 3.05) is 5.73 Å². The first-order valence-corrected chi connectivity index (χ1v) is 14.9. The van der Waals surface area contributed by atoms with E-state index in [2.05, 4.69) is 154 Å². The summed E-state index contributed by atoms with van der Waals surface area (Å²) in [7, 11) is 0. The van der Waals surface area contributed by atoms with Crippen molar-refractivity contribution in [3.8, 4) is 11.1 Å². The molecule has 0 aromatic heterocycles. The molecule has 0 bridgehead atoms. The van der Waals surface area contributed by atoms with E-state index in [0.29, 0.717) is 0 Å². The summed E-state index contributed by atoms with van der Waals surface area (Å²) in [5.41, 5.74) is 23.9. The number of anilines is 1. The molecule has 3 aliphatic rings. The number of benzene rings is 5. The van der Waals surface area contributed by atoms with Crippen LogP contribution < -0.4 is 17.4 Å². The normalized spacial score (nSPS) is 15.6. The Bertz CT molecular complexity index is 1970. The van der Waals surface area contributed by atoms with Gasteiger partial charge in [0.2, 0.25) is 0 Å². The number of hydrogen-bond donors (Lipinski definition) is 3. The van der Waals surface area contributed by atoms with Gasteiger partial charge in [0.1, 0.15) is 0 Å². The molecular weight excluding hydrogens is 522 g/mol. The second kappa shape index (κ2) is 10.9. The monoisotopic (exact) mass is 561 g/mol. The van der Waals surface area contributed by atoms with Crippen molar-refractivity contribution < 1.29 is 0 Å². The van der Waals surface area contributed by atoms with E-state index >= 15 is 0 Å². The predicted molar refractivity (Wildman–Crippen MR) is 183 cm³/mol. The molecule has 0 saturated heterocycles. The van der Waals surface area contributed by atoms with Crippen molar-refractivity contribution in [2.45, 2.75) is 44.9 Å². The maximum absolute atomic E-state index is 5.89. The van der Waals surface area contributed by atoms with Gasteiger partial charge in [-0.1, -0.05) is 119 Å². The van der Waals surface area contributed by atoms with Crippen LogP contribution in [0.15, 0.2) is 127 Å². The van der Waals surface area contributed by atoms with Crippen LogP contribution in [0.25, 0.3) is 27.5 Å². The quantitative estimate of drug-likeness (QED) is 0.0874. The number of hydrogen-bond acceptors (Lipinski definition) is 3. The topological polar surface area (TPSA) is 78.1 Å². The third-order valence-corrected chi connectivity index (χ3v) is 9.30. The number of rotatable bonds is 2. The van der Waals surface area contributed by atoms with Gasteiger partial charge < -0.3 is 5.73 Å². The molecule has 3 heteroatoms. The molecule has 0 radical (unpaired) electrons. The zero-order valence-electron chi connectivity index (χ0n) is 25.4. The van der Waals surface area contributed by atoms with Crippen LogP contribution in [-0.2, 0) is 17.3 Å². The molecule has 0 saturated carbocycles. The molecule has 0 atom stereocenters. The van der Waals surface area contributed by atoms with Gasteiger partial charge in [0.05, 0.1) is 0 Å².